The smallest absolute Gasteiger partial charge is 0.250 e. The number of carbonyl (C=O) groups is 1. The lowest BCUT2D eigenvalue weighted by molar-refractivity contribution is -0.119. The molecular weight excluding hydrogens is 378 g/mol. The molecule has 0 atom stereocenters. The molecule has 1 aliphatic heterocycles. The van der Waals surface area contributed by atoms with E-state index in [2.05, 4.69) is 20.7 Å². The first-order valence-electron chi connectivity index (χ1n) is 6.57. The number of thiophene rings is 1. The second kappa shape index (κ2) is 6.74. The fourth-order valence-electron chi connectivity index (χ4n) is 2.27. The molecule has 6 nitrogen and oxygen atoms in total. The number of piperidine rings is 1. The van der Waals surface area contributed by atoms with Gasteiger partial charge in [0.15, 0.2) is 0 Å². The second-order valence-corrected chi connectivity index (χ2v) is 9.47. The lowest BCUT2D eigenvalue weighted by Gasteiger charge is -2.31. The minimum absolute atomic E-state index is 0.0969. The summed E-state index contributed by atoms with van der Waals surface area (Å²) in [5, 5.41) is 0. The number of primary amides is 1. The molecule has 3 N–H and O–H groups in total. The van der Waals surface area contributed by atoms with Crippen LogP contribution in [0.2, 0.25) is 0 Å². The summed E-state index contributed by atoms with van der Waals surface area (Å²) in [6.45, 7) is 3.44. The highest BCUT2D eigenvalue weighted by Gasteiger charge is 2.26. The van der Waals surface area contributed by atoms with Crippen LogP contribution >= 0.6 is 27.3 Å². The van der Waals surface area contributed by atoms with Crippen LogP contribution in [-0.2, 0) is 14.8 Å². The van der Waals surface area contributed by atoms with Crippen LogP contribution in [0.25, 0.3) is 0 Å². The first-order valence-corrected chi connectivity index (χ1v) is 9.66. The Labute approximate surface area is 136 Å². The van der Waals surface area contributed by atoms with Gasteiger partial charge in [0.1, 0.15) is 4.21 Å². The number of nitrogens with two attached hydrogens (primary N) is 1. The van der Waals surface area contributed by atoms with Crippen LogP contribution < -0.4 is 10.5 Å². The van der Waals surface area contributed by atoms with E-state index < -0.39 is 10.0 Å². The van der Waals surface area contributed by atoms with Crippen molar-refractivity contribution >= 4 is 43.2 Å². The summed E-state index contributed by atoms with van der Waals surface area (Å²) in [6, 6.07) is 1.57. The Bertz CT molecular complexity index is 602. The van der Waals surface area contributed by atoms with E-state index in [0.29, 0.717) is 30.1 Å². The molecule has 9 heteroatoms. The second-order valence-electron chi connectivity index (χ2n) is 5.16. The Morgan fingerprint density at radius 2 is 2.14 bits per heavy atom. The number of sulfonamides is 1. The highest BCUT2D eigenvalue weighted by atomic mass is 79.9. The Kier molecular flexibility index (Phi) is 5.42. The monoisotopic (exact) mass is 395 g/mol. The van der Waals surface area contributed by atoms with Crippen LogP contribution in [0.4, 0.5) is 0 Å². The van der Waals surface area contributed by atoms with Crippen molar-refractivity contribution in [3.05, 3.63) is 15.4 Å². The van der Waals surface area contributed by atoms with Crippen molar-refractivity contribution in [1.29, 1.82) is 0 Å². The van der Waals surface area contributed by atoms with E-state index in [-0.39, 0.29) is 18.5 Å². The first kappa shape index (κ1) is 16.9. The molecule has 1 fully saturated rings. The summed E-state index contributed by atoms with van der Waals surface area (Å²) in [6.07, 6.45) is 1.36. The van der Waals surface area contributed by atoms with Crippen LogP contribution in [0.1, 0.15) is 18.4 Å². The minimum atomic E-state index is -3.47. The maximum Gasteiger partial charge on any atom is 0.250 e. The third-order valence-corrected chi connectivity index (χ3v) is 7.52. The summed E-state index contributed by atoms with van der Waals surface area (Å²) in [7, 11) is -3.47. The van der Waals surface area contributed by atoms with E-state index in [1.165, 1.54) is 11.3 Å². The predicted octanol–water partition coefficient (Wildman–Crippen LogP) is 1.05. The van der Waals surface area contributed by atoms with Crippen LogP contribution in [0.5, 0.6) is 0 Å². The van der Waals surface area contributed by atoms with Gasteiger partial charge in [-0.1, -0.05) is 0 Å². The van der Waals surface area contributed by atoms with Crippen molar-refractivity contribution in [2.24, 2.45) is 5.73 Å². The summed E-state index contributed by atoms with van der Waals surface area (Å²) < 4.78 is 28.5. The van der Waals surface area contributed by atoms with Gasteiger partial charge in [0.2, 0.25) is 15.9 Å². The Morgan fingerprint density at radius 1 is 1.52 bits per heavy atom. The molecule has 0 aliphatic carbocycles. The van der Waals surface area contributed by atoms with Crippen molar-refractivity contribution in [2.45, 2.75) is 30.0 Å². The van der Waals surface area contributed by atoms with E-state index >= 15 is 0 Å². The highest BCUT2D eigenvalue weighted by Crippen LogP contribution is 2.30. The Balaban J connectivity index is 1.95. The summed E-state index contributed by atoms with van der Waals surface area (Å²) in [5.41, 5.74) is 6.07. The zero-order chi connectivity index (χ0) is 15.6. The van der Waals surface area contributed by atoms with Crippen molar-refractivity contribution < 1.29 is 13.2 Å². The molecule has 0 saturated carbocycles. The Hall–Kier alpha value is -0.480. The van der Waals surface area contributed by atoms with E-state index in [9.17, 15) is 13.2 Å². The summed E-state index contributed by atoms with van der Waals surface area (Å²) >= 11 is 4.55. The molecule has 1 aromatic heterocycles. The summed E-state index contributed by atoms with van der Waals surface area (Å²) in [5.74, 6) is -0.354. The number of rotatable bonds is 5. The van der Waals surface area contributed by atoms with E-state index in [4.69, 9.17) is 5.73 Å². The van der Waals surface area contributed by atoms with Gasteiger partial charge in [0, 0.05) is 19.1 Å². The van der Waals surface area contributed by atoms with Crippen molar-refractivity contribution in [1.82, 2.24) is 9.62 Å². The van der Waals surface area contributed by atoms with Gasteiger partial charge in [-0.25, -0.2) is 13.1 Å². The van der Waals surface area contributed by atoms with E-state index in [1.54, 1.807) is 6.07 Å². The number of amides is 1. The standard InChI is InChI=1S/C12H18BrN3O3S2/c1-8-6-11(20-12(8)13)21(18,19)15-9-2-4-16(5-3-9)7-10(14)17/h6,9,15H,2-5,7H2,1H3,(H2,14,17). The molecule has 1 saturated heterocycles. The Morgan fingerprint density at radius 3 is 2.62 bits per heavy atom. The fourth-order valence-corrected chi connectivity index (χ4v) is 5.82. The van der Waals surface area contributed by atoms with Crippen LogP contribution in [0.15, 0.2) is 14.1 Å². The van der Waals surface area contributed by atoms with Crippen LogP contribution in [0, 0.1) is 6.92 Å². The number of hydrogen-bond acceptors (Lipinski definition) is 5. The number of nitrogens with zero attached hydrogens (tertiary/aromatic N) is 1. The number of aryl methyl sites for hydroxylation is 1. The van der Waals surface area contributed by atoms with Gasteiger partial charge in [-0.05, 0) is 47.3 Å². The van der Waals surface area contributed by atoms with Gasteiger partial charge < -0.3 is 5.73 Å². The highest BCUT2D eigenvalue weighted by molar-refractivity contribution is 9.11. The maximum atomic E-state index is 12.3. The zero-order valence-corrected chi connectivity index (χ0v) is 14.9. The third-order valence-electron chi connectivity index (χ3n) is 3.39. The SMILES string of the molecule is Cc1cc(S(=O)(=O)NC2CCN(CC(N)=O)CC2)sc1Br. The van der Waals surface area contributed by atoms with Gasteiger partial charge in [0.25, 0.3) is 0 Å². The minimum Gasteiger partial charge on any atom is -0.369 e. The molecule has 0 spiro atoms. The molecule has 0 radical (unpaired) electrons. The number of likely N-dealkylation sites (tertiary alicyclic amines) is 1. The van der Waals surface area contributed by atoms with Crippen molar-refractivity contribution in [3.63, 3.8) is 0 Å². The normalized spacial score (nSPS) is 18.0. The average molecular weight is 396 g/mol. The first-order chi connectivity index (χ1) is 9.78. The average Bonchev–Trinajstić information content (AvgIpc) is 2.72. The van der Waals surface area contributed by atoms with Gasteiger partial charge in [-0.15, -0.1) is 11.3 Å². The number of nitrogens with one attached hydrogen (secondary N) is 1. The zero-order valence-electron chi connectivity index (χ0n) is 11.6. The van der Waals surface area contributed by atoms with E-state index in [0.717, 1.165) is 9.35 Å². The number of carbonyl (C=O) groups excluding carboxylic acids is 1. The van der Waals surface area contributed by atoms with Crippen LogP contribution in [-0.4, -0.2) is 44.9 Å². The molecular formula is C12H18BrN3O3S2. The third kappa shape index (κ3) is 4.49. The lowest BCUT2D eigenvalue weighted by Crippen LogP contribution is -2.46. The molecule has 1 amide bonds. The number of hydrogen-bond donors (Lipinski definition) is 2. The quantitative estimate of drug-likeness (QED) is 0.778. The topological polar surface area (TPSA) is 92.5 Å². The molecule has 1 aliphatic rings. The molecule has 0 aromatic carbocycles. The van der Waals surface area contributed by atoms with Crippen LogP contribution in [0.3, 0.4) is 0 Å². The van der Waals surface area contributed by atoms with Gasteiger partial charge in [-0.2, -0.15) is 0 Å². The lowest BCUT2D eigenvalue weighted by atomic mass is 10.1. The molecule has 0 bridgehead atoms. The maximum absolute atomic E-state index is 12.3. The number of halogens is 1. The van der Waals surface area contributed by atoms with Crippen molar-refractivity contribution in [2.75, 3.05) is 19.6 Å². The molecule has 0 unspecified atom stereocenters. The van der Waals surface area contributed by atoms with E-state index in [1.807, 2.05) is 11.8 Å². The molecule has 2 heterocycles. The predicted molar refractivity (Wildman–Crippen MR) is 85.7 cm³/mol. The van der Waals surface area contributed by atoms with Crippen molar-refractivity contribution in [3.8, 4) is 0 Å². The fraction of sp³-hybridized carbons (Fsp3) is 0.583. The molecule has 1 aromatic rings. The largest absolute Gasteiger partial charge is 0.369 e. The molecule has 2 rings (SSSR count). The van der Waals surface area contributed by atoms with Gasteiger partial charge in [-0.3, -0.25) is 9.69 Å². The summed E-state index contributed by atoms with van der Waals surface area (Å²) in [4.78, 5) is 12.8. The molecule has 21 heavy (non-hydrogen) atoms. The molecule has 118 valence electrons. The van der Waals surface area contributed by atoms with Gasteiger partial charge >= 0.3 is 0 Å². The van der Waals surface area contributed by atoms with Gasteiger partial charge in [0.05, 0.1) is 10.3 Å².